The molecule has 0 bridgehead atoms. The predicted octanol–water partition coefficient (Wildman–Crippen LogP) is 2.54. The van der Waals surface area contributed by atoms with Crippen LogP contribution in [-0.4, -0.2) is 14.7 Å². The van der Waals surface area contributed by atoms with Gasteiger partial charge < -0.3 is 5.11 Å². The van der Waals surface area contributed by atoms with Crippen molar-refractivity contribution in [2.24, 2.45) is 0 Å². The summed E-state index contributed by atoms with van der Waals surface area (Å²) in [7, 11) is 0. The van der Waals surface area contributed by atoms with E-state index in [-0.39, 0.29) is 6.10 Å². The molecule has 0 saturated carbocycles. The topological polar surface area (TPSA) is 46.0 Å². The maximum absolute atomic E-state index is 9.64. The summed E-state index contributed by atoms with van der Waals surface area (Å²) in [4.78, 5) is 0.886. The maximum Gasteiger partial charge on any atom is 0.0914 e. The quantitative estimate of drug-likeness (QED) is 0.718. The molecule has 4 heteroatoms. The second kappa shape index (κ2) is 6.05. The van der Waals surface area contributed by atoms with Crippen LogP contribution in [0.25, 0.3) is 0 Å². The molecular formula is C9H16N2OS. The molecule has 1 aromatic rings. The number of hydrogen-bond acceptors (Lipinski definition) is 4. The first-order valence-corrected chi connectivity index (χ1v) is 5.57. The monoisotopic (exact) mass is 200 g/mol. The molecule has 0 aliphatic rings. The van der Waals surface area contributed by atoms with Crippen LogP contribution in [0.2, 0.25) is 0 Å². The highest BCUT2D eigenvalue weighted by atomic mass is 32.1. The fraction of sp³-hybridized carbons (Fsp3) is 0.778. The van der Waals surface area contributed by atoms with Crippen LogP contribution in [0.1, 0.15) is 50.0 Å². The molecule has 0 fully saturated rings. The summed E-state index contributed by atoms with van der Waals surface area (Å²) in [6.07, 6.45) is 6.93. The van der Waals surface area contributed by atoms with E-state index in [1.54, 1.807) is 6.20 Å². The van der Waals surface area contributed by atoms with E-state index in [0.29, 0.717) is 0 Å². The summed E-state index contributed by atoms with van der Waals surface area (Å²) in [5, 5.41) is 13.3. The minimum atomic E-state index is -0.350. The Morgan fingerprint density at radius 1 is 1.46 bits per heavy atom. The first-order chi connectivity index (χ1) is 6.34. The molecule has 1 aromatic heterocycles. The molecule has 0 radical (unpaired) electrons. The summed E-state index contributed by atoms with van der Waals surface area (Å²) in [6, 6.07) is 0. The molecule has 3 nitrogen and oxygen atoms in total. The SMILES string of the molecule is CCCCCCC(O)c1cnns1. The number of hydrogen-bond donors (Lipinski definition) is 1. The molecule has 0 aliphatic heterocycles. The van der Waals surface area contributed by atoms with Crippen molar-refractivity contribution in [3.63, 3.8) is 0 Å². The van der Waals surface area contributed by atoms with Crippen LogP contribution in [0.3, 0.4) is 0 Å². The zero-order chi connectivity index (χ0) is 9.52. The Hall–Kier alpha value is -0.480. The van der Waals surface area contributed by atoms with Gasteiger partial charge in [-0.05, 0) is 18.0 Å². The molecule has 0 aromatic carbocycles. The van der Waals surface area contributed by atoms with Crippen molar-refractivity contribution in [2.75, 3.05) is 0 Å². The van der Waals surface area contributed by atoms with Gasteiger partial charge in [-0.1, -0.05) is 37.1 Å². The number of aliphatic hydroxyl groups excluding tert-OH is 1. The van der Waals surface area contributed by atoms with E-state index in [2.05, 4.69) is 16.5 Å². The standard InChI is InChI=1S/C9H16N2OS/c1-2-3-4-5-6-8(12)9-7-10-11-13-9/h7-8,12H,2-6H2,1H3. The Morgan fingerprint density at radius 3 is 2.92 bits per heavy atom. The number of aromatic nitrogens is 2. The lowest BCUT2D eigenvalue weighted by atomic mass is 10.1. The van der Waals surface area contributed by atoms with E-state index >= 15 is 0 Å². The second-order valence-electron chi connectivity index (χ2n) is 3.19. The zero-order valence-corrected chi connectivity index (χ0v) is 8.76. The highest BCUT2D eigenvalue weighted by Gasteiger charge is 2.08. The summed E-state index contributed by atoms with van der Waals surface area (Å²) >= 11 is 1.28. The van der Waals surface area contributed by atoms with Gasteiger partial charge in [-0.2, -0.15) is 0 Å². The molecule has 1 heterocycles. The van der Waals surface area contributed by atoms with Crippen molar-refractivity contribution < 1.29 is 5.11 Å². The minimum absolute atomic E-state index is 0.350. The Kier molecular flexibility index (Phi) is 4.93. The van der Waals surface area contributed by atoms with Crippen LogP contribution in [0.4, 0.5) is 0 Å². The molecule has 0 saturated heterocycles. The van der Waals surface area contributed by atoms with Gasteiger partial charge in [0.15, 0.2) is 0 Å². The predicted molar refractivity (Wildman–Crippen MR) is 53.6 cm³/mol. The molecule has 74 valence electrons. The fourth-order valence-electron chi connectivity index (χ4n) is 1.23. The van der Waals surface area contributed by atoms with Crippen LogP contribution in [-0.2, 0) is 0 Å². The third-order valence-electron chi connectivity index (χ3n) is 2.04. The van der Waals surface area contributed by atoms with Crippen molar-refractivity contribution in [2.45, 2.75) is 45.1 Å². The molecule has 13 heavy (non-hydrogen) atoms. The lowest BCUT2D eigenvalue weighted by Crippen LogP contribution is -1.94. The Balaban J connectivity index is 2.15. The van der Waals surface area contributed by atoms with Gasteiger partial charge in [0.2, 0.25) is 0 Å². The average Bonchev–Trinajstić information content (AvgIpc) is 2.65. The molecule has 1 N–H and O–H groups in total. The molecule has 0 amide bonds. The van der Waals surface area contributed by atoms with Gasteiger partial charge in [0.05, 0.1) is 17.2 Å². The first-order valence-electron chi connectivity index (χ1n) is 4.80. The van der Waals surface area contributed by atoms with E-state index in [4.69, 9.17) is 0 Å². The normalized spacial score (nSPS) is 13.1. The molecule has 1 atom stereocenters. The first kappa shape index (κ1) is 10.6. The molecular weight excluding hydrogens is 184 g/mol. The molecule has 1 unspecified atom stereocenters. The van der Waals surface area contributed by atoms with Gasteiger partial charge in [0.25, 0.3) is 0 Å². The van der Waals surface area contributed by atoms with Crippen LogP contribution >= 0.6 is 11.5 Å². The van der Waals surface area contributed by atoms with Gasteiger partial charge in [-0.25, -0.2) is 0 Å². The smallest absolute Gasteiger partial charge is 0.0914 e. The largest absolute Gasteiger partial charge is 0.387 e. The lowest BCUT2D eigenvalue weighted by Gasteiger charge is -2.05. The van der Waals surface area contributed by atoms with Crippen LogP contribution in [0.5, 0.6) is 0 Å². The van der Waals surface area contributed by atoms with Crippen LogP contribution in [0, 0.1) is 0 Å². The third-order valence-corrected chi connectivity index (χ3v) is 2.80. The molecule has 1 rings (SSSR count). The van der Waals surface area contributed by atoms with Crippen molar-refractivity contribution in [1.82, 2.24) is 9.59 Å². The molecule has 0 aliphatic carbocycles. The van der Waals surface area contributed by atoms with Gasteiger partial charge in [-0.15, -0.1) is 5.10 Å². The summed E-state index contributed by atoms with van der Waals surface area (Å²) in [6.45, 7) is 2.18. The van der Waals surface area contributed by atoms with E-state index in [0.717, 1.165) is 17.7 Å². The molecule has 0 spiro atoms. The van der Waals surface area contributed by atoms with Crippen molar-refractivity contribution >= 4 is 11.5 Å². The number of rotatable bonds is 6. The highest BCUT2D eigenvalue weighted by Crippen LogP contribution is 2.21. The van der Waals surface area contributed by atoms with Gasteiger partial charge in [0.1, 0.15) is 0 Å². The van der Waals surface area contributed by atoms with Gasteiger partial charge in [-0.3, -0.25) is 0 Å². The number of unbranched alkanes of at least 4 members (excludes halogenated alkanes) is 3. The summed E-state index contributed by atoms with van der Waals surface area (Å²) in [5.41, 5.74) is 0. The Bertz CT molecular complexity index is 213. The van der Waals surface area contributed by atoms with Gasteiger partial charge >= 0.3 is 0 Å². The van der Waals surface area contributed by atoms with Crippen molar-refractivity contribution in [3.05, 3.63) is 11.1 Å². The minimum Gasteiger partial charge on any atom is -0.387 e. The van der Waals surface area contributed by atoms with Crippen LogP contribution in [0.15, 0.2) is 6.20 Å². The average molecular weight is 200 g/mol. The van der Waals surface area contributed by atoms with Gasteiger partial charge in [0, 0.05) is 0 Å². The van der Waals surface area contributed by atoms with E-state index < -0.39 is 0 Å². The summed E-state index contributed by atoms with van der Waals surface area (Å²) in [5.74, 6) is 0. The van der Waals surface area contributed by atoms with E-state index in [9.17, 15) is 5.11 Å². The second-order valence-corrected chi connectivity index (χ2v) is 4.00. The fourth-order valence-corrected chi connectivity index (χ4v) is 1.75. The summed E-state index contributed by atoms with van der Waals surface area (Å²) < 4.78 is 3.72. The number of nitrogens with zero attached hydrogens (tertiary/aromatic N) is 2. The third kappa shape index (κ3) is 3.83. The van der Waals surface area contributed by atoms with E-state index in [1.165, 1.54) is 30.8 Å². The Morgan fingerprint density at radius 2 is 2.31 bits per heavy atom. The lowest BCUT2D eigenvalue weighted by molar-refractivity contribution is 0.167. The highest BCUT2D eigenvalue weighted by molar-refractivity contribution is 7.05. The van der Waals surface area contributed by atoms with Crippen LogP contribution < -0.4 is 0 Å². The van der Waals surface area contributed by atoms with Crippen molar-refractivity contribution in [3.8, 4) is 0 Å². The maximum atomic E-state index is 9.64. The van der Waals surface area contributed by atoms with Crippen molar-refractivity contribution in [1.29, 1.82) is 0 Å². The zero-order valence-electron chi connectivity index (χ0n) is 7.94. The van der Waals surface area contributed by atoms with E-state index in [1.807, 2.05) is 0 Å². The Labute approximate surface area is 83.0 Å². The number of aliphatic hydroxyl groups is 1.